The van der Waals surface area contributed by atoms with E-state index in [-0.39, 0.29) is 16.8 Å². The largest absolute Gasteiger partial charge is 0.392 e. The third-order valence-corrected chi connectivity index (χ3v) is 5.11. The third kappa shape index (κ3) is 3.31. The number of hydrogen-bond donors (Lipinski definition) is 3. The molecule has 0 bridgehead atoms. The van der Waals surface area contributed by atoms with Crippen molar-refractivity contribution in [3.05, 3.63) is 65.4 Å². The van der Waals surface area contributed by atoms with E-state index in [0.29, 0.717) is 23.4 Å². The van der Waals surface area contributed by atoms with Crippen LogP contribution in [-0.4, -0.2) is 20.9 Å². The number of fused-ring (bicyclic) bond motifs is 1. The highest BCUT2D eigenvalue weighted by molar-refractivity contribution is 6.07. The fourth-order valence-corrected chi connectivity index (χ4v) is 3.83. The number of carbonyl (C=O) groups excluding carboxylic acids is 1. The predicted molar refractivity (Wildman–Crippen MR) is 106 cm³/mol. The van der Waals surface area contributed by atoms with Crippen LogP contribution in [0.4, 0.5) is 15.8 Å². The Morgan fingerprint density at radius 3 is 2.68 bits per heavy atom. The number of halogens is 1. The summed E-state index contributed by atoms with van der Waals surface area (Å²) in [4.78, 5) is 20.5. The van der Waals surface area contributed by atoms with Crippen molar-refractivity contribution in [3.63, 3.8) is 0 Å². The monoisotopic (exact) mass is 379 g/mol. The molecule has 1 aromatic carbocycles. The van der Waals surface area contributed by atoms with Crippen molar-refractivity contribution in [2.75, 3.05) is 5.32 Å². The van der Waals surface area contributed by atoms with Gasteiger partial charge in [-0.05, 0) is 42.2 Å². The lowest BCUT2D eigenvalue weighted by Gasteiger charge is -2.28. The standard InChI is InChI=1S/C22H22FN3O2/c1-22(2)10-17-19(18(28)11-22)21(20(26-17)13-5-7-24-8-6-13)25-15-3-4-16(23)14(9-15)12-27/h3-9,25-27H,10-12H2,1-2H3. The van der Waals surface area contributed by atoms with Crippen LogP contribution in [0.5, 0.6) is 0 Å². The number of ketones is 1. The van der Waals surface area contributed by atoms with E-state index in [4.69, 9.17) is 0 Å². The molecule has 2 heterocycles. The summed E-state index contributed by atoms with van der Waals surface area (Å²) in [6, 6.07) is 8.22. The van der Waals surface area contributed by atoms with Crippen LogP contribution in [0.25, 0.3) is 11.3 Å². The van der Waals surface area contributed by atoms with E-state index < -0.39 is 12.4 Å². The lowest BCUT2D eigenvalue weighted by Crippen LogP contribution is -2.26. The van der Waals surface area contributed by atoms with Crippen molar-refractivity contribution in [1.29, 1.82) is 0 Å². The van der Waals surface area contributed by atoms with E-state index in [1.807, 2.05) is 12.1 Å². The Bertz CT molecular complexity index is 1040. The van der Waals surface area contributed by atoms with E-state index in [1.165, 1.54) is 6.07 Å². The molecule has 0 fully saturated rings. The normalized spacial score (nSPS) is 15.4. The van der Waals surface area contributed by atoms with Gasteiger partial charge in [-0.1, -0.05) is 13.8 Å². The first kappa shape index (κ1) is 18.4. The number of rotatable bonds is 4. The number of carbonyl (C=O) groups is 1. The van der Waals surface area contributed by atoms with E-state index >= 15 is 0 Å². The number of aliphatic hydroxyl groups excluding tert-OH is 1. The molecule has 0 saturated carbocycles. The fourth-order valence-electron chi connectivity index (χ4n) is 3.83. The van der Waals surface area contributed by atoms with Crippen LogP contribution < -0.4 is 5.32 Å². The molecule has 0 aliphatic heterocycles. The second-order valence-electron chi connectivity index (χ2n) is 7.99. The highest BCUT2D eigenvalue weighted by Gasteiger charge is 2.35. The fraction of sp³-hybridized carbons (Fsp3) is 0.273. The highest BCUT2D eigenvalue weighted by atomic mass is 19.1. The molecule has 0 spiro atoms. The van der Waals surface area contributed by atoms with Crippen molar-refractivity contribution in [3.8, 4) is 11.3 Å². The topological polar surface area (TPSA) is 78.0 Å². The molecule has 144 valence electrons. The van der Waals surface area contributed by atoms with Crippen LogP contribution in [0.3, 0.4) is 0 Å². The minimum Gasteiger partial charge on any atom is -0.392 e. The molecule has 3 aromatic rings. The van der Waals surface area contributed by atoms with Gasteiger partial charge in [-0.25, -0.2) is 4.39 Å². The number of Topliss-reactive ketones (excluding diaryl/α,β-unsaturated/α-hetero) is 1. The van der Waals surface area contributed by atoms with Gasteiger partial charge >= 0.3 is 0 Å². The number of aliphatic hydroxyl groups is 1. The minimum absolute atomic E-state index is 0.0785. The molecule has 4 rings (SSSR count). The number of nitrogens with zero attached hydrogens (tertiary/aromatic N) is 1. The smallest absolute Gasteiger partial charge is 0.167 e. The number of aromatic nitrogens is 2. The molecule has 2 aromatic heterocycles. The summed E-state index contributed by atoms with van der Waals surface area (Å²) in [6.07, 6.45) is 4.63. The van der Waals surface area contributed by atoms with Crippen LogP contribution in [0.2, 0.25) is 0 Å². The second-order valence-corrected chi connectivity index (χ2v) is 7.99. The first-order chi connectivity index (χ1) is 13.4. The number of nitrogens with one attached hydrogen (secondary N) is 2. The number of aromatic amines is 1. The van der Waals surface area contributed by atoms with Gasteiger partial charge in [-0.3, -0.25) is 9.78 Å². The quantitative estimate of drug-likeness (QED) is 0.619. The summed E-state index contributed by atoms with van der Waals surface area (Å²) >= 11 is 0. The number of pyridine rings is 1. The van der Waals surface area contributed by atoms with Crippen molar-refractivity contribution >= 4 is 17.2 Å². The van der Waals surface area contributed by atoms with E-state index in [1.54, 1.807) is 24.5 Å². The van der Waals surface area contributed by atoms with E-state index in [0.717, 1.165) is 23.4 Å². The molecule has 0 radical (unpaired) electrons. The number of hydrogen-bond acceptors (Lipinski definition) is 4. The van der Waals surface area contributed by atoms with Gasteiger partial charge in [-0.15, -0.1) is 0 Å². The van der Waals surface area contributed by atoms with Gasteiger partial charge in [0.05, 0.1) is 23.6 Å². The maximum atomic E-state index is 13.8. The predicted octanol–water partition coefficient (Wildman–Crippen LogP) is 4.61. The van der Waals surface area contributed by atoms with Gasteiger partial charge in [0, 0.05) is 41.3 Å². The highest BCUT2D eigenvalue weighted by Crippen LogP contribution is 2.43. The lowest BCUT2D eigenvalue weighted by molar-refractivity contribution is 0.0912. The van der Waals surface area contributed by atoms with Gasteiger partial charge in [-0.2, -0.15) is 0 Å². The summed E-state index contributed by atoms with van der Waals surface area (Å²) in [5.41, 5.74) is 4.64. The SMILES string of the molecule is CC1(C)CC(=O)c2c([nH]c(-c3ccncc3)c2Nc2ccc(F)c(CO)c2)C1. The Labute approximate surface area is 162 Å². The van der Waals surface area contributed by atoms with Crippen LogP contribution in [0.15, 0.2) is 42.7 Å². The zero-order valence-corrected chi connectivity index (χ0v) is 15.8. The van der Waals surface area contributed by atoms with Crippen molar-refractivity contribution in [1.82, 2.24) is 9.97 Å². The lowest BCUT2D eigenvalue weighted by atomic mass is 9.76. The van der Waals surface area contributed by atoms with Crippen molar-refractivity contribution < 1.29 is 14.3 Å². The maximum absolute atomic E-state index is 13.8. The summed E-state index contributed by atoms with van der Waals surface area (Å²) in [5.74, 6) is -0.383. The molecular weight excluding hydrogens is 357 g/mol. The molecule has 5 nitrogen and oxygen atoms in total. The summed E-state index contributed by atoms with van der Waals surface area (Å²) in [6.45, 7) is 3.78. The molecule has 6 heteroatoms. The second kappa shape index (κ2) is 6.87. The first-order valence-electron chi connectivity index (χ1n) is 9.23. The molecule has 1 aliphatic rings. The van der Waals surface area contributed by atoms with Crippen molar-refractivity contribution in [2.45, 2.75) is 33.3 Å². The molecule has 0 amide bonds. The Hall–Kier alpha value is -2.99. The van der Waals surface area contributed by atoms with Crippen LogP contribution in [0.1, 0.15) is 41.9 Å². The molecule has 28 heavy (non-hydrogen) atoms. The molecule has 1 aliphatic carbocycles. The van der Waals surface area contributed by atoms with E-state index in [9.17, 15) is 14.3 Å². The van der Waals surface area contributed by atoms with Gasteiger partial charge in [0.2, 0.25) is 0 Å². The Balaban J connectivity index is 1.85. The van der Waals surface area contributed by atoms with Crippen molar-refractivity contribution in [2.24, 2.45) is 5.41 Å². The van der Waals surface area contributed by atoms with Gasteiger partial charge in [0.1, 0.15) is 5.82 Å². The van der Waals surface area contributed by atoms with Gasteiger partial charge in [0.15, 0.2) is 5.78 Å². The zero-order chi connectivity index (χ0) is 19.9. The summed E-state index contributed by atoms with van der Waals surface area (Å²) in [5, 5.41) is 12.6. The number of anilines is 2. The first-order valence-corrected chi connectivity index (χ1v) is 9.23. The van der Waals surface area contributed by atoms with Gasteiger partial charge < -0.3 is 15.4 Å². The molecule has 0 unspecified atom stereocenters. The Morgan fingerprint density at radius 2 is 1.96 bits per heavy atom. The van der Waals surface area contributed by atoms with Gasteiger partial charge in [0.25, 0.3) is 0 Å². The minimum atomic E-state index is -0.462. The average Bonchev–Trinajstić information content (AvgIpc) is 3.01. The zero-order valence-electron chi connectivity index (χ0n) is 15.8. The van der Waals surface area contributed by atoms with E-state index in [2.05, 4.69) is 29.1 Å². The Kier molecular flexibility index (Phi) is 4.51. The van der Waals surface area contributed by atoms with Crippen LogP contribution in [0, 0.1) is 11.2 Å². The molecule has 0 atom stereocenters. The molecule has 0 saturated heterocycles. The molecular formula is C22H22FN3O2. The number of H-pyrrole nitrogens is 1. The average molecular weight is 379 g/mol. The summed E-state index contributed by atoms with van der Waals surface area (Å²) < 4.78 is 13.8. The summed E-state index contributed by atoms with van der Waals surface area (Å²) in [7, 11) is 0. The molecule has 3 N–H and O–H groups in total. The Morgan fingerprint density at radius 1 is 1.21 bits per heavy atom. The third-order valence-electron chi connectivity index (χ3n) is 5.11. The maximum Gasteiger partial charge on any atom is 0.167 e. The number of benzene rings is 1. The van der Waals surface area contributed by atoms with Crippen LogP contribution in [-0.2, 0) is 13.0 Å². The van der Waals surface area contributed by atoms with Crippen LogP contribution >= 0.6 is 0 Å².